The van der Waals surface area contributed by atoms with Gasteiger partial charge in [0.2, 0.25) is 0 Å². The minimum Gasteiger partial charge on any atom is -0.492 e. The van der Waals surface area contributed by atoms with E-state index in [-0.39, 0.29) is 0 Å². The van der Waals surface area contributed by atoms with Crippen molar-refractivity contribution in [2.45, 2.75) is 45.8 Å². The fourth-order valence-corrected chi connectivity index (χ4v) is 3.81. The van der Waals surface area contributed by atoms with Gasteiger partial charge in [0.25, 0.3) is 0 Å². The number of methoxy groups -OCH3 is 1. The van der Waals surface area contributed by atoms with Crippen molar-refractivity contribution in [2.24, 2.45) is 4.99 Å². The molecule has 7 nitrogen and oxygen atoms in total. The van der Waals surface area contributed by atoms with Crippen molar-refractivity contribution in [3.05, 3.63) is 29.8 Å². The molecule has 1 fully saturated rings. The van der Waals surface area contributed by atoms with E-state index in [1.165, 1.54) is 0 Å². The molecule has 0 unspecified atom stereocenters. The Morgan fingerprint density at radius 3 is 2.55 bits per heavy atom. The Morgan fingerprint density at radius 2 is 1.87 bits per heavy atom. The average Bonchev–Trinajstić information content (AvgIpc) is 2.81. The first kappa shape index (κ1) is 25.4. The van der Waals surface area contributed by atoms with E-state index in [4.69, 9.17) is 14.2 Å². The topological polar surface area (TPSA) is 58.6 Å². The Balaban J connectivity index is 1.79. The minimum absolute atomic E-state index is 0.339. The molecule has 31 heavy (non-hydrogen) atoms. The summed E-state index contributed by atoms with van der Waals surface area (Å²) >= 11 is 0. The highest BCUT2D eigenvalue weighted by Gasteiger charge is 2.22. The number of benzene rings is 1. The van der Waals surface area contributed by atoms with Crippen molar-refractivity contribution in [1.29, 1.82) is 0 Å². The van der Waals surface area contributed by atoms with Gasteiger partial charge >= 0.3 is 0 Å². The quantitative estimate of drug-likeness (QED) is 0.293. The predicted molar refractivity (Wildman–Crippen MR) is 127 cm³/mol. The van der Waals surface area contributed by atoms with Gasteiger partial charge in [0.1, 0.15) is 12.4 Å². The van der Waals surface area contributed by atoms with Crippen molar-refractivity contribution in [2.75, 3.05) is 66.7 Å². The number of guanidine groups is 1. The maximum Gasteiger partial charge on any atom is 0.193 e. The molecule has 2 rings (SSSR count). The Morgan fingerprint density at radius 1 is 1.13 bits per heavy atom. The number of hydrogen-bond acceptors (Lipinski definition) is 5. The van der Waals surface area contributed by atoms with Crippen LogP contribution >= 0.6 is 0 Å². The molecule has 1 aliphatic heterocycles. The summed E-state index contributed by atoms with van der Waals surface area (Å²) in [5.41, 5.74) is 1.15. The molecule has 0 amide bonds. The Kier molecular flexibility index (Phi) is 12.3. The van der Waals surface area contributed by atoms with Crippen molar-refractivity contribution in [3.63, 3.8) is 0 Å². The molecule has 1 N–H and O–H groups in total. The van der Waals surface area contributed by atoms with Crippen LogP contribution in [-0.4, -0.2) is 88.6 Å². The molecule has 1 aromatic rings. The van der Waals surface area contributed by atoms with Crippen LogP contribution in [0.25, 0.3) is 0 Å². The summed E-state index contributed by atoms with van der Waals surface area (Å²) in [7, 11) is 3.58. The molecule has 0 aromatic heterocycles. The number of nitrogens with one attached hydrogen (secondary N) is 1. The normalized spacial score (nSPS) is 15.5. The predicted octanol–water partition coefficient (Wildman–Crippen LogP) is 3.00. The number of aliphatic imine (C=N–C) groups is 1. The smallest absolute Gasteiger partial charge is 0.193 e. The van der Waals surface area contributed by atoms with Gasteiger partial charge in [0.05, 0.1) is 6.10 Å². The molecule has 0 spiro atoms. The van der Waals surface area contributed by atoms with Crippen LogP contribution in [0.3, 0.4) is 0 Å². The molecule has 7 heteroatoms. The first-order chi connectivity index (χ1) is 15.2. The van der Waals surface area contributed by atoms with Crippen LogP contribution in [-0.2, 0) is 16.0 Å². The van der Waals surface area contributed by atoms with Crippen LogP contribution in [0, 0.1) is 0 Å². The zero-order valence-corrected chi connectivity index (χ0v) is 19.9. The van der Waals surface area contributed by atoms with Crippen LogP contribution in [0.2, 0.25) is 0 Å². The second kappa shape index (κ2) is 15.1. The third-order valence-corrected chi connectivity index (χ3v) is 5.77. The number of nitrogens with zero attached hydrogens (tertiary/aromatic N) is 3. The monoisotopic (exact) mass is 434 g/mol. The van der Waals surface area contributed by atoms with Gasteiger partial charge in [0.15, 0.2) is 5.96 Å². The summed E-state index contributed by atoms with van der Waals surface area (Å²) in [4.78, 5) is 9.19. The van der Waals surface area contributed by atoms with E-state index in [1.807, 2.05) is 13.1 Å². The highest BCUT2D eigenvalue weighted by molar-refractivity contribution is 5.80. The van der Waals surface area contributed by atoms with Crippen molar-refractivity contribution in [1.82, 2.24) is 15.1 Å². The number of para-hydroxylation sites is 1. The summed E-state index contributed by atoms with van der Waals surface area (Å²) in [6, 6.07) is 8.26. The standard InChI is InChI=1S/C24H42N4O3/c1-5-27(6-2)16-19-31-23-11-8-7-10-21(23)20-26-24(25-3)28-14-12-22(13-15-28)30-18-9-17-29-4/h7-8,10-11,22H,5-6,9,12-20H2,1-4H3,(H,25,26). The summed E-state index contributed by atoms with van der Waals surface area (Å²) in [5.74, 6) is 1.89. The zero-order valence-electron chi connectivity index (χ0n) is 19.9. The van der Waals surface area contributed by atoms with Crippen LogP contribution in [0.1, 0.15) is 38.7 Å². The van der Waals surface area contributed by atoms with E-state index in [9.17, 15) is 0 Å². The maximum atomic E-state index is 6.09. The van der Waals surface area contributed by atoms with E-state index in [1.54, 1.807) is 7.11 Å². The van der Waals surface area contributed by atoms with Crippen molar-refractivity contribution < 1.29 is 14.2 Å². The largest absolute Gasteiger partial charge is 0.492 e. The highest BCUT2D eigenvalue weighted by Crippen LogP contribution is 2.19. The first-order valence-electron chi connectivity index (χ1n) is 11.7. The second-order valence-corrected chi connectivity index (χ2v) is 7.79. The molecule has 1 heterocycles. The molecule has 1 aromatic carbocycles. The maximum absolute atomic E-state index is 6.09. The molecule has 0 saturated carbocycles. The molecular weight excluding hydrogens is 392 g/mol. The third-order valence-electron chi connectivity index (χ3n) is 5.77. The summed E-state index contributed by atoms with van der Waals surface area (Å²) < 4.78 is 17.2. The molecule has 176 valence electrons. The minimum atomic E-state index is 0.339. The summed E-state index contributed by atoms with van der Waals surface area (Å²) in [6.45, 7) is 12.3. The molecule has 0 bridgehead atoms. The average molecular weight is 435 g/mol. The lowest BCUT2D eigenvalue weighted by Crippen LogP contribution is -2.46. The zero-order chi connectivity index (χ0) is 22.3. The van der Waals surface area contributed by atoms with Gasteiger partial charge in [-0.05, 0) is 38.4 Å². The van der Waals surface area contributed by atoms with Crippen LogP contribution in [0.15, 0.2) is 29.3 Å². The van der Waals surface area contributed by atoms with Crippen molar-refractivity contribution in [3.8, 4) is 5.75 Å². The first-order valence-corrected chi connectivity index (χ1v) is 11.7. The number of likely N-dealkylation sites (tertiary alicyclic amines) is 1. The Labute approximate surface area is 188 Å². The number of piperidine rings is 1. The van der Waals surface area contributed by atoms with Crippen LogP contribution in [0.5, 0.6) is 5.75 Å². The van der Waals surface area contributed by atoms with E-state index in [0.29, 0.717) is 19.3 Å². The number of ether oxygens (including phenoxy) is 3. The SMILES string of the molecule is CCN(CC)CCOc1ccccc1CNC(=NC)N1CCC(OCCCOC)CC1. The fourth-order valence-electron chi connectivity index (χ4n) is 3.81. The highest BCUT2D eigenvalue weighted by atomic mass is 16.5. The lowest BCUT2D eigenvalue weighted by molar-refractivity contribution is 0.00989. The van der Waals surface area contributed by atoms with Gasteiger partial charge in [-0.3, -0.25) is 4.99 Å². The van der Waals surface area contributed by atoms with E-state index < -0.39 is 0 Å². The summed E-state index contributed by atoms with van der Waals surface area (Å²) in [5, 5.41) is 3.52. The van der Waals surface area contributed by atoms with E-state index >= 15 is 0 Å². The van der Waals surface area contributed by atoms with E-state index in [0.717, 1.165) is 82.5 Å². The van der Waals surface area contributed by atoms with Gasteiger partial charge in [-0.1, -0.05) is 32.0 Å². The molecule has 1 saturated heterocycles. The van der Waals surface area contributed by atoms with Gasteiger partial charge in [0, 0.05) is 59.1 Å². The van der Waals surface area contributed by atoms with Crippen LogP contribution < -0.4 is 10.1 Å². The van der Waals surface area contributed by atoms with E-state index in [2.05, 4.69) is 52.2 Å². The third kappa shape index (κ3) is 9.05. The molecule has 0 atom stereocenters. The van der Waals surface area contributed by atoms with Gasteiger partial charge in [-0.25, -0.2) is 0 Å². The number of likely N-dealkylation sites (N-methyl/N-ethyl adjacent to an activating group) is 1. The van der Waals surface area contributed by atoms with Crippen LogP contribution in [0.4, 0.5) is 0 Å². The number of rotatable bonds is 13. The molecule has 1 aliphatic rings. The molecular formula is C24H42N4O3. The number of hydrogen-bond donors (Lipinski definition) is 1. The van der Waals surface area contributed by atoms with Gasteiger partial charge < -0.3 is 29.3 Å². The Hall–Kier alpha value is -1.83. The fraction of sp³-hybridized carbons (Fsp3) is 0.708. The summed E-state index contributed by atoms with van der Waals surface area (Å²) in [6.07, 6.45) is 3.35. The molecule has 0 aliphatic carbocycles. The molecule has 0 radical (unpaired) electrons. The van der Waals surface area contributed by atoms with Crippen molar-refractivity contribution >= 4 is 5.96 Å². The lowest BCUT2D eigenvalue weighted by Gasteiger charge is -2.34. The second-order valence-electron chi connectivity index (χ2n) is 7.79. The Bertz CT molecular complexity index is 629. The van der Waals surface area contributed by atoms with Gasteiger partial charge in [-0.15, -0.1) is 0 Å². The lowest BCUT2D eigenvalue weighted by atomic mass is 10.1. The van der Waals surface area contributed by atoms with Gasteiger partial charge in [-0.2, -0.15) is 0 Å².